The van der Waals surface area contributed by atoms with E-state index in [0.717, 1.165) is 23.4 Å². The molecule has 4 heteroatoms. The first kappa shape index (κ1) is 13.8. The van der Waals surface area contributed by atoms with Crippen LogP contribution in [0, 0.1) is 6.92 Å². The van der Waals surface area contributed by atoms with Crippen LogP contribution in [0.1, 0.15) is 22.9 Å². The summed E-state index contributed by atoms with van der Waals surface area (Å²) in [5.74, 6) is 0.0754. The van der Waals surface area contributed by atoms with E-state index < -0.39 is 0 Å². The molecule has 0 saturated carbocycles. The summed E-state index contributed by atoms with van der Waals surface area (Å²) in [5.41, 5.74) is 3.21. The van der Waals surface area contributed by atoms with Gasteiger partial charge in [0, 0.05) is 25.8 Å². The van der Waals surface area contributed by atoms with E-state index in [4.69, 9.17) is 0 Å². The molecule has 1 fully saturated rings. The second-order valence-electron chi connectivity index (χ2n) is 5.34. The molecule has 1 N–H and O–H groups in total. The molecule has 0 aliphatic carbocycles. The maximum absolute atomic E-state index is 12.4. The van der Waals surface area contributed by atoms with Crippen molar-refractivity contribution in [2.24, 2.45) is 0 Å². The van der Waals surface area contributed by atoms with Crippen molar-refractivity contribution < 1.29 is 4.79 Å². The highest BCUT2D eigenvalue weighted by molar-refractivity contribution is 5.84. The van der Waals surface area contributed by atoms with Crippen LogP contribution in [0.25, 0.3) is 0 Å². The third kappa shape index (κ3) is 2.95. The molecule has 1 atom stereocenters. The molecular formula is C17H19N3O. The third-order valence-corrected chi connectivity index (χ3v) is 3.89. The summed E-state index contributed by atoms with van der Waals surface area (Å²) in [6.07, 6.45) is 1.79. The molecule has 21 heavy (non-hydrogen) atoms. The monoisotopic (exact) mass is 281 g/mol. The first-order valence-corrected chi connectivity index (χ1v) is 7.23. The van der Waals surface area contributed by atoms with Crippen molar-refractivity contribution in [3.05, 3.63) is 65.5 Å². The lowest BCUT2D eigenvalue weighted by Crippen LogP contribution is -2.49. The van der Waals surface area contributed by atoms with Crippen LogP contribution in [-0.4, -0.2) is 28.9 Å². The van der Waals surface area contributed by atoms with E-state index in [1.54, 1.807) is 6.20 Å². The molecule has 0 unspecified atom stereocenters. The summed E-state index contributed by atoms with van der Waals surface area (Å²) in [5, 5.41) is 2.97. The third-order valence-electron chi connectivity index (χ3n) is 3.89. The van der Waals surface area contributed by atoms with Gasteiger partial charge >= 0.3 is 0 Å². The Bertz CT molecular complexity index is 627. The Labute approximate surface area is 124 Å². The Morgan fingerprint density at radius 1 is 1.24 bits per heavy atom. The number of nitrogens with one attached hydrogen (secondary N) is 1. The molecular weight excluding hydrogens is 262 g/mol. The minimum atomic E-state index is -0.234. The zero-order valence-electron chi connectivity index (χ0n) is 12.1. The van der Waals surface area contributed by atoms with Crippen molar-refractivity contribution in [2.75, 3.05) is 13.1 Å². The van der Waals surface area contributed by atoms with Crippen LogP contribution in [-0.2, 0) is 11.3 Å². The number of pyridine rings is 1. The standard InChI is InChI=1S/C17H19N3O/c1-13-6-2-3-8-15(13)16-17(21)19-10-11-20(16)12-14-7-4-5-9-18-14/h2-9,16H,10-12H2,1H3,(H,19,21)/t16-/m0/s1. The molecule has 1 aromatic heterocycles. The van der Waals surface area contributed by atoms with Crippen molar-refractivity contribution in [3.8, 4) is 0 Å². The van der Waals surface area contributed by atoms with Crippen molar-refractivity contribution in [1.29, 1.82) is 0 Å². The Hall–Kier alpha value is -2.20. The number of benzene rings is 1. The highest BCUT2D eigenvalue weighted by Gasteiger charge is 2.31. The van der Waals surface area contributed by atoms with E-state index in [0.29, 0.717) is 13.1 Å². The maximum atomic E-state index is 12.4. The highest BCUT2D eigenvalue weighted by Crippen LogP contribution is 2.27. The molecule has 2 heterocycles. The van der Waals surface area contributed by atoms with Gasteiger partial charge in [0.2, 0.25) is 5.91 Å². The summed E-state index contributed by atoms with van der Waals surface area (Å²) in [7, 11) is 0. The van der Waals surface area contributed by atoms with Crippen molar-refractivity contribution in [2.45, 2.75) is 19.5 Å². The largest absolute Gasteiger partial charge is 0.353 e. The number of carbonyl (C=O) groups excluding carboxylic acids is 1. The predicted octanol–water partition coefficient (Wildman–Crippen LogP) is 2.06. The first-order chi connectivity index (χ1) is 10.3. The lowest BCUT2D eigenvalue weighted by atomic mass is 9.97. The highest BCUT2D eigenvalue weighted by atomic mass is 16.2. The normalized spacial score (nSPS) is 19.3. The van der Waals surface area contributed by atoms with Gasteiger partial charge in [0.1, 0.15) is 6.04 Å². The number of aromatic nitrogens is 1. The Balaban J connectivity index is 1.90. The Morgan fingerprint density at radius 3 is 2.81 bits per heavy atom. The second-order valence-corrected chi connectivity index (χ2v) is 5.34. The second kappa shape index (κ2) is 6.06. The van der Waals surface area contributed by atoms with Gasteiger partial charge in [-0.2, -0.15) is 0 Å². The molecule has 0 spiro atoms. The fourth-order valence-electron chi connectivity index (χ4n) is 2.82. The summed E-state index contributed by atoms with van der Waals surface area (Å²) >= 11 is 0. The molecule has 1 aliphatic rings. The van der Waals surface area contributed by atoms with E-state index in [2.05, 4.69) is 28.2 Å². The number of rotatable bonds is 3. The average Bonchev–Trinajstić information content (AvgIpc) is 2.50. The number of aryl methyl sites for hydroxylation is 1. The summed E-state index contributed by atoms with van der Waals surface area (Å²) in [6, 6.07) is 13.7. The van der Waals surface area contributed by atoms with Crippen LogP contribution in [0.4, 0.5) is 0 Å². The number of hydrogen-bond donors (Lipinski definition) is 1. The molecule has 1 aromatic carbocycles. The lowest BCUT2D eigenvalue weighted by molar-refractivity contribution is -0.129. The molecule has 1 amide bonds. The van der Waals surface area contributed by atoms with Gasteiger partial charge in [0.25, 0.3) is 0 Å². The molecule has 1 aliphatic heterocycles. The van der Waals surface area contributed by atoms with Gasteiger partial charge in [0.15, 0.2) is 0 Å². The average molecular weight is 281 g/mol. The quantitative estimate of drug-likeness (QED) is 0.936. The van der Waals surface area contributed by atoms with E-state index >= 15 is 0 Å². The fourth-order valence-corrected chi connectivity index (χ4v) is 2.82. The molecule has 0 radical (unpaired) electrons. The van der Waals surface area contributed by atoms with Crippen LogP contribution in [0.15, 0.2) is 48.7 Å². The molecule has 108 valence electrons. The lowest BCUT2D eigenvalue weighted by Gasteiger charge is -2.35. The van der Waals surface area contributed by atoms with Gasteiger partial charge in [-0.3, -0.25) is 14.7 Å². The first-order valence-electron chi connectivity index (χ1n) is 7.23. The van der Waals surface area contributed by atoms with Gasteiger partial charge in [-0.1, -0.05) is 30.3 Å². The number of hydrogen-bond acceptors (Lipinski definition) is 3. The van der Waals surface area contributed by atoms with Gasteiger partial charge in [-0.25, -0.2) is 0 Å². The number of amides is 1. The van der Waals surface area contributed by atoms with Gasteiger partial charge in [-0.15, -0.1) is 0 Å². The van der Waals surface area contributed by atoms with Crippen molar-refractivity contribution in [3.63, 3.8) is 0 Å². The van der Waals surface area contributed by atoms with E-state index in [9.17, 15) is 4.79 Å². The van der Waals surface area contributed by atoms with E-state index in [1.165, 1.54) is 0 Å². The van der Waals surface area contributed by atoms with Crippen LogP contribution < -0.4 is 5.32 Å². The zero-order valence-corrected chi connectivity index (χ0v) is 12.1. The van der Waals surface area contributed by atoms with Gasteiger partial charge in [-0.05, 0) is 30.2 Å². The molecule has 1 saturated heterocycles. The summed E-state index contributed by atoms with van der Waals surface area (Å²) < 4.78 is 0. The smallest absolute Gasteiger partial charge is 0.242 e. The zero-order chi connectivity index (χ0) is 14.7. The molecule has 3 rings (SSSR count). The minimum Gasteiger partial charge on any atom is -0.353 e. The van der Waals surface area contributed by atoms with Gasteiger partial charge < -0.3 is 5.32 Å². The molecule has 0 bridgehead atoms. The van der Waals surface area contributed by atoms with Crippen molar-refractivity contribution >= 4 is 5.91 Å². The van der Waals surface area contributed by atoms with Crippen LogP contribution in [0.2, 0.25) is 0 Å². The van der Waals surface area contributed by atoms with Crippen LogP contribution in [0.5, 0.6) is 0 Å². The number of nitrogens with zero attached hydrogens (tertiary/aromatic N) is 2. The van der Waals surface area contributed by atoms with Crippen molar-refractivity contribution in [1.82, 2.24) is 15.2 Å². The number of piperazine rings is 1. The number of carbonyl (C=O) groups is 1. The van der Waals surface area contributed by atoms with E-state index in [1.807, 2.05) is 36.4 Å². The van der Waals surface area contributed by atoms with Crippen LogP contribution >= 0.6 is 0 Å². The minimum absolute atomic E-state index is 0.0754. The fraction of sp³-hybridized carbons (Fsp3) is 0.294. The van der Waals surface area contributed by atoms with Crippen LogP contribution in [0.3, 0.4) is 0 Å². The summed E-state index contributed by atoms with van der Waals surface area (Å²) in [6.45, 7) is 4.26. The predicted molar refractivity (Wildman–Crippen MR) is 81.6 cm³/mol. The SMILES string of the molecule is Cc1ccccc1[C@H]1C(=O)NCCN1Cc1ccccn1. The van der Waals surface area contributed by atoms with E-state index in [-0.39, 0.29) is 11.9 Å². The Kier molecular flexibility index (Phi) is 3.97. The molecule has 4 nitrogen and oxygen atoms in total. The molecule has 2 aromatic rings. The topological polar surface area (TPSA) is 45.2 Å². The summed E-state index contributed by atoms with van der Waals surface area (Å²) in [4.78, 5) is 18.9. The Morgan fingerprint density at radius 2 is 2.05 bits per heavy atom. The maximum Gasteiger partial charge on any atom is 0.242 e. The van der Waals surface area contributed by atoms with Gasteiger partial charge in [0.05, 0.1) is 5.69 Å².